The molecule has 0 bridgehead atoms. The molecule has 104 valence electrons. The number of ether oxygens (including phenoxy) is 1. The third kappa shape index (κ3) is 2.59. The first-order chi connectivity index (χ1) is 8.96. The summed E-state index contributed by atoms with van der Waals surface area (Å²) >= 11 is 0. The molecule has 2 N–H and O–H groups in total. The maximum Gasteiger partial charge on any atom is 0.316 e. The third-order valence-corrected chi connectivity index (χ3v) is 3.74. The Morgan fingerprint density at radius 2 is 2.16 bits per heavy atom. The van der Waals surface area contributed by atoms with Crippen LogP contribution in [0.2, 0.25) is 0 Å². The fraction of sp³-hybridized carbons (Fsp3) is 0.533. The highest BCUT2D eigenvalue weighted by atomic mass is 16.5. The summed E-state index contributed by atoms with van der Waals surface area (Å²) in [5, 5.41) is 12.6. The normalized spacial score (nSPS) is 17.1. The van der Waals surface area contributed by atoms with Gasteiger partial charge in [0.15, 0.2) is 0 Å². The molecular weight excluding hydrogens is 242 g/mol. The molecule has 0 spiro atoms. The van der Waals surface area contributed by atoms with Gasteiger partial charge in [-0.05, 0) is 24.0 Å². The van der Waals surface area contributed by atoms with Crippen molar-refractivity contribution in [3.8, 4) is 0 Å². The fourth-order valence-electron chi connectivity index (χ4n) is 2.32. The van der Waals surface area contributed by atoms with Crippen molar-refractivity contribution in [3.63, 3.8) is 0 Å². The average Bonchev–Trinajstić information content (AvgIpc) is 2.28. The first-order valence-electron chi connectivity index (χ1n) is 6.61. The predicted octanol–water partition coefficient (Wildman–Crippen LogP) is 2.63. The van der Waals surface area contributed by atoms with Crippen molar-refractivity contribution in [1.29, 1.82) is 0 Å². The Balaban J connectivity index is 2.17. The lowest BCUT2D eigenvalue weighted by Gasteiger charge is -2.38. The third-order valence-electron chi connectivity index (χ3n) is 3.74. The molecule has 4 heteroatoms. The highest BCUT2D eigenvalue weighted by molar-refractivity contribution is 5.77. The number of carboxylic acids is 1. The highest BCUT2D eigenvalue weighted by Gasteiger charge is 2.46. The highest BCUT2D eigenvalue weighted by Crippen LogP contribution is 2.32. The van der Waals surface area contributed by atoms with Crippen LogP contribution >= 0.6 is 0 Å². The zero-order valence-electron chi connectivity index (χ0n) is 11.7. The summed E-state index contributed by atoms with van der Waals surface area (Å²) < 4.78 is 5.08. The smallest absolute Gasteiger partial charge is 0.316 e. The monoisotopic (exact) mass is 263 g/mol. The van der Waals surface area contributed by atoms with E-state index in [1.807, 2.05) is 19.1 Å². The Morgan fingerprint density at radius 1 is 1.47 bits per heavy atom. The summed E-state index contributed by atoms with van der Waals surface area (Å²) in [7, 11) is 0. The van der Waals surface area contributed by atoms with E-state index in [1.165, 1.54) is 5.56 Å². The van der Waals surface area contributed by atoms with E-state index in [9.17, 15) is 9.90 Å². The summed E-state index contributed by atoms with van der Waals surface area (Å²) in [4.78, 5) is 11.3. The molecule has 0 aromatic heterocycles. The van der Waals surface area contributed by atoms with Gasteiger partial charge < -0.3 is 15.2 Å². The van der Waals surface area contributed by atoms with E-state index >= 15 is 0 Å². The van der Waals surface area contributed by atoms with Gasteiger partial charge in [0, 0.05) is 12.2 Å². The Kier molecular flexibility index (Phi) is 3.80. The van der Waals surface area contributed by atoms with E-state index in [1.54, 1.807) is 0 Å². The molecule has 0 aliphatic carbocycles. The quantitative estimate of drug-likeness (QED) is 0.857. The van der Waals surface area contributed by atoms with Gasteiger partial charge >= 0.3 is 5.97 Å². The molecule has 0 saturated carbocycles. The first kappa shape index (κ1) is 13.9. The number of carboxylic acid groups (broad SMARTS) is 1. The van der Waals surface area contributed by atoms with Crippen LogP contribution in [0.15, 0.2) is 18.2 Å². The van der Waals surface area contributed by atoms with E-state index in [0.717, 1.165) is 11.3 Å². The van der Waals surface area contributed by atoms with Gasteiger partial charge in [-0.1, -0.05) is 32.0 Å². The van der Waals surface area contributed by atoms with Crippen molar-refractivity contribution in [2.45, 2.75) is 26.7 Å². The van der Waals surface area contributed by atoms with Crippen LogP contribution in [0.1, 0.15) is 30.9 Å². The number of aliphatic carboxylic acids is 1. The van der Waals surface area contributed by atoms with Crippen molar-refractivity contribution < 1.29 is 14.6 Å². The maximum atomic E-state index is 11.3. The molecule has 1 aliphatic rings. The lowest BCUT2D eigenvalue weighted by atomic mass is 9.85. The number of nitrogens with one attached hydrogen (secondary N) is 1. The molecule has 1 aromatic rings. The van der Waals surface area contributed by atoms with Gasteiger partial charge in [0.1, 0.15) is 5.41 Å². The summed E-state index contributed by atoms with van der Waals surface area (Å²) in [6.45, 7) is 7.31. The topological polar surface area (TPSA) is 58.6 Å². The van der Waals surface area contributed by atoms with Crippen LogP contribution in [-0.4, -0.2) is 30.8 Å². The number of anilines is 1. The largest absolute Gasteiger partial charge is 0.481 e. The Labute approximate surface area is 113 Å². The Morgan fingerprint density at radius 3 is 2.63 bits per heavy atom. The molecule has 19 heavy (non-hydrogen) atoms. The molecule has 1 aliphatic heterocycles. The number of carbonyl (C=O) groups is 1. The number of hydrogen-bond acceptors (Lipinski definition) is 3. The molecular formula is C15H21NO3. The number of benzene rings is 1. The van der Waals surface area contributed by atoms with E-state index in [2.05, 4.69) is 25.2 Å². The van der Waals surface area contributed by atoms with E-state index in [0.29, 0.717) is 12.5 Å². The molecule has 2 rings (SSSR count). The Hall–Kier alpha value is -1.55. The lowest BCUT2D eigenvalue weighted by molar-refractivity contribution is -0.176. The molecule has 0 radical (unpaired) electrons. The molecule has 1 fully saturated rings. The van der Waals surface area contributed by atoms with Gasteiger partial charge in [-0.25, -0.2) is 0 Å². The Bertz CT molecular complexity index is 478. The number of rotatable bonds is 5. The summed E-state index contributed by atoms with van der Waals surface area (Å²) in [5.74, 6) is -0.383. The number of hydrogen-bond donors (Lipinski definition) is 2. The van der Waals surface area contributed by atoms with E-state index in [-0.39, 0.29) is 13.2 Å². The summed E-state index contributed by atoms with van der Waals surface area (Å²) in [6, 6.07) is 6.17. The molecule has 0 atom stereocenters. The molecule has 4 nitrogen and oxygen atoms in total. The van der Waals surface area contributed by atoms with Crippen molar-refractivity contribution in [3.05, 3.63) is 29.3 Å². The molecule has 0 amide bonds. The zero-order valence-corrected chi connectivity index (χ0v) is 11.7. The van der Waals surface area contributed by atoms with Crippen LogP contribution in [0.4, 0.5) is 5.69 Å². The van der Waals surface area contributed by atoms with Crippen LogP contribution in [0.5, 0.6) is 0 Å². The minimum atomic E-state index is -0.786. The van der Waals surface area contributed by atoms with E-state index in [4.69, 9.17) is 4.74 Å². The van der Waals surface area contributed by atoms with Crippen molar-refractivity contribution >= 4 is 11.7 Å². The molecule has 1 aromatic carbocycles. The van der Waals surface area contributed by atoms with Gasteiger partial charge in [-0.2, -0.15) is 0 Å². The molecule has 0 unspecified atom stereocenters. The van der Waals surface area contributed by atoms with Gasteiger partial charge in [0.05, 0.1) is 13.2 Å². The summed E-state index contributed by atoms with van der Waals surface area (Å²) in [5.41, 5.74) is 2.66. The van der Waals surface area contributed by atoms with Crippen LogP contribution in [0.3, 0.4) is 0 Å². The van der Waals surface area contributed by atoms with Crippen LogP contribution in [-0.2, 0) is 9.53 Å². The minimum Gasteiger partial charge on any atom is -0.481 e. The second-order valence-electron chi connectivity index (χ2n) is 5.63. The van der Waals surface area contributed by atoms with Gasteiger partial charge in [0.2, 0.25) is 0 Å². The van der Waals surface area contributed by atoms with Crippen LogP contribution < -0.4 is 5.32 Å². The minimum absolute atomic E-state index is 0.290. The fourth-order valence-corrected chi connectivity index (χ4v) is 2.32. The van der Waals surface area contributed by atoms with Crippen molar-refractivity contribution in [1.82, 2.24) is 0 Å². The number of para-hydroxylation sites is 1. The lowest BCUT2D eigenvalue weighted by Crippen LogP contribution is -2.53. The summed E-state index contributed by atoms with van der Waals surface area (Å²) in [6.07, 6.45) is 0. The van der Waals surface area contributed by atoms with Crippen LogP contribution in [0, 0.1) is 12.3 Å². The predicted molar refractivity (Wildman–Crippen MR) is 74.6 cm³/mol. The van der Waals surface area contributed by atoms with Gasteiger partial charge in [-0.3, -0.25) is 4.79 Å². The number of aryl methyl sites for hydroxylation is 1. The van der Waals surface area contributed by atoms with Gasteiger partial charge in [0.25, 0.3) is 0 Å². The first-order valence-corrected chi connectivity index (χ1v) is 6.61. The zero-order chi connectivity index (χ0) is 14.0. The van der Waals surface area contributed by atoms with Crippen molar-refractivity contribution in [2.75, 3.05) is 25.1 Å². The second-order valence-corrected chi connectivity index (χ2v) is 5.63. The van der Waals surface area contributed by atoms with Gasteiger partial charge in [-0.15, -0.1) is 0 Å². The average molecular weight is 263 g/mol. The van der Waals surface area contributed by atoms with E-state index < -0.39 is 11.4 Å². The van der Waals surface area contributed by atoms with Crippen molar-refractivity contribution in [2.24, 2.45) is 5.41 Å². The maximum absolute atomic E-state index is 11.3. The second kappa shape index (κ2) is 5.21. The molecule has 1 saturated heterocycles. The van der Waals surface area contributed by atoms with Crippen LogP contribution in [0.25, 0.3) is 0 Å². The SMILES string of the molecule is Cc1cccc(C(C)C)c1NCC1(C(=O)O)COC1. The standard InChI is InChI=1S/C15H21NO3/c1-10(2)12-6-4-5-11(3)13(12)16-7-15(14(17)18)8-19-9-15/h4-6,10,16H,7-9H2,1-3H3,(H,17,18). The molecule has 1 heterocycles.